The molecule has 1 aromatic carbocycles. The summed E-state index contributed by atoms with van der Waals surface area (Å²) >= 11 is 1.28. The number of carbonyl (C=O) groups excluding carboxylic acids is 2. The number of hydroxylamine groups is 1. The average molecular weight is 398 g/mol. The molecule has 0 bridgehead atoms. The largest absolute Gasteiger partial charge is 0.359 e. The van der Waals surface area contributed by atoms with E-state index in [1.165, 1.54) is 11.3 Å². The predicted molar refractivity (Wildman–Crippen MR) is 103 cm³/mol. The highest BCUT2D eigenvalue weighted by atomic mass is 32.1. The van der Waals surface area contributed by atoms with Crippen LogP contribution in [0.25, 0.3) is 11.3 Å². The van der Waals surface area contributed by atoms with Crippen molar-refractivity contribution in [1.29, 1.82) is 0 Å². The zero-order valence-corrected chi connectivity index (χ0v) is 15.9. The van der Waals surface area contributed by atoms with Gasteiger partial charge in [-0.3, -0.25) is 10.0 Å². The van der Waals surface area contributed by atoms with E-state index in [0.29, 0.717) is 41.5 Å². The Labute approximate surface area is 164 Å². The topological polar surface area (TPSA) is 108 Å². The van der Waals surface area contributed by atoms with E-state index >= 15 is 0 Å². The number of carbonyl (C=O) groups is 2. The van der Waals surface area contributed by atoms with E-state index in [-0.39, 0.29) is 6.03 Å². The number of anilines is 1. The number of hydrogen-bond donors (Lipinski definition) is 3. The summed E-state index contributed by atoms with van der Waals surface area (Å²) in [5, 5.41) is 15.8. The number of hydrogen-bond acceptors (Lipinski definition) is 6. The van der Waals surface area contributed by atoms with E-state index in [2.05, 4.69) is 10.5 Å². The molecule has 3 N–H and O–H groups in total. The number of nitrogens with zero attached hydrogens (tertiary/aromatic N) is 2. The Morgan fingerprint density at radius 3 is 2.82 bits per heavy atom. The van der Waals surface area contributed by atoms with Crippen LogP contribution in [0.4, 0.5) is 10.5 Å². The Balaban J connectivity index is 1.52. The lowest BCUT2D eigenvalue weighted by atomic mass is 10.1. The van der Waals surface area contributed by atoms with Gasteiger partial charge in [0.1, 0.15) is 11.4 Å². The molecule has 3 aromatic rings. The highest BCUT2D eigenvalue weighted by molar-refractivity contribution is 7.14. The fourth-order valence-electron chi connectivity index (χ4n) is 3.16. The summed E-state index contributed by atoms with van der Waals surface area (Å²) in [5.41, 5.74) is 4.66. The van der Waals surface area contributed by atoms with Gasteiger partial charge in [0.2, 0.25) is 0 Å². The third-order valence-electron chi connectivity index (χ3n) is 4.64. The number of benzene rings is 1. The molecule has 0 fully saturated rings. The summed E-state index contributed by atoms with van der Waals surface area (Å²) in [5.74, 6) is -0.00840. The van der Waals surface area contributed by atoms with Gasteiger partial charge in [-0.2, -0.15) is 0 Å². The molecular weight excluding hydrogens is 380 g/mol. The molecule has 0 unspecified atom stereocenters. The summed E-state index contributed by atoms with van der Waals surface area (Å²) in [7, 11) is 0. The summed E-state index contributed by atoms with van der Waals surface area (Å²) in [6.45, 7) is 2.68. The van der Waals surface area contributed by atoms with E-state index < -0.39 is 5.91 Å². The Morgan fingerprint density at radius 1 is 1.29 bits per heavy atom. The van der Waals surface area contributed by atoms with Crippen LogP contribution in [0.1, 0.15) is 25.9 Å². The van der Waals surface area contributed by atoms with Crippen LogP contribution in [0.3, 0.4) is 0 Å². The molecule has 0 saturated carbocycles. The predicted octanol–water partition coefficient (Wildman–Crippen LogP) is 3.42. The van der Waals surface area contributed by atoms with Crippen LogP contribution in [0, 0.1) is 6.92 Å². The summed E-state index contributed by atoms with van der Waals surface area (Å²) < 4.78 is 5.29. The van der Waals surface area contributed by atoms with Crippen molar-refractivity contribution in [2.24, 2.45) is 0 Å². The first-order valence-electron chi connectivity index (χ1n) is 8.70. The van der Waals surface area contributed by atoms with Crippen molar-refractivity contribution in [1.82, 2.24) is 15.5 Å². The van der Waals surface area contributed by atoms with Gasteiger partial charge in [-0.1, -0.05) is 35.5 Å². The van der Waals surface area contributed by atoms with E-state index in [4.69, 9.17) is 9.73 Å². The van der Waals surface area contributed by atoms with Crippen molar-refractivity contribution in [2.45, 2.75) is 19.9 Å². The molecule has 2 aromatic heterocycles. The van der Waals surface area contributed by atoms with Crippen LogP contribution in [0.2, 0.25) is 0 Å². The standard InChI is InChI=1S/C19H18N4O4S/c1-11-16(17(22-27-11)12-5-3-2-4-6-12)20-19(25)23-8-7-13-9-14(18(24)21-26)28-15(13)10-23/h2-6,9,26H,7-8,10H2,1H3,(H,20,25)(H,21,24). The van der Waals surface area contributed by atoms with Crippen LogP contribution in [0.5, 0.6) is 0 Å². The van der Waals surface area contributed by atoms with Gasteiger partial charge in [0.05, 0.1) is 11.4 Å². The number of aromatic nitrogens is 1. The minimum atomic E-state index is -0.539. The number of urea groups is 1. The van der Waals surface area contributed by atoms with E-state index in [1.807, 2.05) is 30.3 Å². The second-order valence-corrected chi connectivity index (χ2v) is 7.57. The van der Waals surface area contributed by atoms with Gasteiger partial charge in [0.25, 0.3) is 5.91 Å². The zero-order chi connectivity index (χ0) is 19.7. The van der Waals surface area contributed by atoms with Gasteiger partial charge in [0, 0.05) is 17.0 Å². The van der Waals surface area contributed by atoms with Crippen LogP contribution in [-0.4, -0.2) is 33.7 Å². The van der Waals surface area contributed by atoms with Crippen LogP contribution in [0.15, 0.2) is 40.9 Å². The lowest BCUT2D eigenvalue weighted by Crippen LogP contribution is -2.38. The fraction of sp³-hybridized carbons (Fsp3) is 0.211. The summed E-state index contributed by atoms with van der Waals surface area (Å²) in [6, 6.07) is 11.0. The molecule has 9 heteroatoms. The third kappa shape index (κ3) is 3.37. The molecule has 3 heterocycles. The number of fused-ring (bicyclic) bond motifs is 1. The molecule has 28 heavy (non-hydrogen) atoms. The molecule has 0 spiro atoms. The molecule has 3 amide bonds. The molecule has 8 nitrogen and oxygen atoms in total. The van der Waals surface area contributed by atoms with Crippen molar-refractivity contribution in [3.05, 3.63) is 57.5 Å². The Morgan fingerprint density at radius 2 is 2.07 bits per heavy atom. The van der Waals surface area contributed by atoms with E-state index in [1.54, 1.807) is 23.4 Å². The van der Waals surface area contributed by atoms with Crippen molar-refractivity contribution in [2.75, 3.05) is 11.9 Å². The molecule has 0 atom stereocenters. The Hall–Kier alpha value is -3.17. The fourth-order valence-corrected chi connectivity index (χ4v) is 4.28. The molecule has 0 saturated heterocycles. The van der Waals surface area contributed by atoms with E-state index in [9.17, 15) is 9.59 Å². The SMILES string of the molecule is Cc1onc(-c2ccccc2)c1NC(=O)N1CCc2cc(C(=O)NO)sc2C1. The van der Waals surface area contributed by atoms with E-state index in [0.717, 1.165) is 16.0 Å². The number of rotatable bonds is 3. The van der Waals surface area contributed by atoms with Crippen LogP contribution >= 0.6 is 11.3 Å². The van der Waals surface area contributed by atoms with Crippen molar-refractivity contribution >= 4 is 29.0 Å². The minimum absolute atomic E-state index is 0.254. The van der Waals surface area contributed by atoms with Crippen LogP contribution < -0.4 is 10.8 Å². The molecule has 144 valence electrons. The van der Waals surface area contributed by atoms with Crippen molar-refractivity contribution < 1.29 is 19.3 Å². The maximum Gasteiger partial charge on any atom is 0.322 e. The lowest BCUT2D eigenvalue weighted by Gasteiger charge is -2.27. The summed E-state index contributed by atoms with van der Waals surface area (Å²) in [4.78, 5) is 27.5. The molecule has 0 aliphatic carbocycles. The minimum Gasteiger partial charge on any atom is -0.359 e. The average Bonchev–Trinajstić information content (AvgIpc) is 3.31. The first-order chi connectivity index (χ1) is 13.6. The quantitative estimate of drug-likeness (QED) is 0.463. The highest BCUT2D eigenvalue weighted by Crippen LogP contribution is 2.32. The smallest absolute Gasteiger partial charge is 0.322 e. The van der Waals surface area contributed by atoms with Crippen molar-refractivity contribution in [3.8, 4) is 11.3 Å². The summed E-state index contributed by atoms with van der Waals surface area (Å²) in [6.07, 6.45) is 0.645. The first-order valence-corrected chi connectivity index (χ1v) is 9.52. The molecular formula is C19H18N4O4S. The van der Waals surface area contributed by atoms with Gasteiger partial charge < -0.3 is 14.7 Å². The van der Waals surface area contributed by atoms with Gasteiger partial charge in [-0.15, -0.1) is 11.3 Å². The molecule has 4 rings (SSSR count). The monoisotopic (exact) mass is 398 g/mol. The zero-order valence-electron chi connectivity index (χ0n) is 15.1. The van der Waals surface area contributed by atoms with Gasteiger partial charge in [-0.05, 0) is 25.0 Å². The van der Waals surface area contributed by atoms with Crippen LogP contribution in [-0.2, 0) is 13.0 Å². The van der Waals surface area contributed by atoms with Gasteiger partial charge in [-0.25, -0.2) is 10.3 Å². The normalized spacial score (nSPS) is 13.1. The van der Waals surface area contributed by atoms with Gasteiger partial charge >= 0.3 is 6.03 Å². The lowest BCUT2D eigenvalue weighted by molar-refractivity contribution is 0.0711. The second-order valence-electron chi connectivity index (χ2n) is 6.43. The Kier molecular flexibility index (Phi) is 4.84. The number of aryl methyl sites for hydroxylation is 1. The molecule has 0 radical (unpaired) electrons. The maximum absolute atomic E-state index is 12.8. The second kappa shape index (κ2) is 7.45. The highest BCUT2D eigenvalue weighted by Gasteiger charge is 2.26. The number of amides is 3. The molecule has 1 aliphatic rings. The van der Waals surface area contributed by atoms with Gasteiger partial charge in [0.15, 0.2) is 5.76 Å². The number of nitrogens with one attached hydrogen (secondary N) is 2. The number of thiophene rings is 1. The maximum atomic E-state index is 12.8. The first kappa shape index (κ1) is 18.2. The van der Waals surface area contributed by atoms with Crippen molar-refractivity contribution in [3.63, 3.8) is 0 Å². The third-order valence-corrected chi connectivity index (χ3v) is 5.80. The molecule has 1 aliphatic heterocycles. The Bertz CT molecular complexity index is 1030.